The Kier molecular flexibility index (Phi) is 4.37. The van der Waals surface area contributed by atoms with Crippen molar-refractivity contribution >= 4 is 17.3 Å². The normalized spacial score (nSPS) is 11.3. The Morgan fingerprint density at radius 2 is 1.89 bits per heavy atom. The van der Waals surface area contributed by atoms with Crippen LogP contribution in [0.3, 0.4) is 0 Å². The third-order valence-corrected chi connectivity index (χ3v) is 2.38. The monoisotopic (exact) mass is 258 g/mol. The van der Waals surface area contributed by atoms with Crippen molar-refractivity contribution in [2.45, 2.75) is 5.54 Å². The summed E-state index contributed by atoms with van der Waals surface area (Å²) in [5.41, 5.74) is 3.53. The van der Waals surface area contributed by atoms with Gasteiger partial charge in [-0.15, -0.1) is 0 Å². The molecule has 6 N–H and O–H groups in total. The van der Waals surface area contributed by atoms with Gasteiger partial charge in [0.15, 0.2) is 0 Å². The molecule has 0 spiro atoms. The number of hydrogen-bond donors (Lipinski definition) is 5. The number of nitrogens with zero attached hydrogens (tertiary/aromatic N) is 2. The van der Waals surface area contributed by atoms with E-state index < -0.39 is 30.3 Å². The molecule has 0 amide bonds. The molecule has 0 saturated heterocycles. The van der Waals surface area contributed by atoms with Crippen LogP contribution in [-0.4, -0.2) is 50.6 Å². The molecule has 0 saturated carbocycles. The lowest BCUT2D eigenvalue weighted by Crippen LogP contribution is -2.49. The molecule has 0 aliphatic heterocycles. The van der Waals surface area contributed by atoms with E-state index in [-0.39, 0.29) is 17.3 Å². The molecule has 18 heavy (non-hydrogen) atoms. The standard InChI is InChI=1S/C9H14N4O5/c10-7-2-1-6(13(17)18)8(11-7)12-9(3-14,4-15)5-16/h1-2,14-16H,3-5H2,(H3,10,11,12). The van der Waals surface area contributed by atoms with Gasteiger partial charge in [0.25, 0.3) is 0 Å². The lowest BCUT2D eigenvalue weighted by Gasteiger charge is -2.28. The van der Waals surface area contributed by atoms with Crippen LogP contribution in [0.5, 0.6) is 0 Å². The Balaban J connectivity index is 3.16. The number of aliphatic hydroxyl groups is 3. The van der Waals surface area contributed by atoms with E-state index in [0.29, 0.717) is 0 Å². The van der Waals surface area contributed by atoms with Crippen molar-refractivity contribution in [3.05, 3.63) is 22.2 Å². The summed E-state index contributed by atoms with van der Waals surface area (Å²) in [4.78, 5) is 13.8. The summed E-state index contributed by atoms with van der Waals surface area (Å²) in [6.07, 6.45) is 0. The fourth-order valence-corrected chi connectivity index (χ4v) is 1.23. The summed E-state index contributed by atoms with van der Waals surface area (Å²) in [5, 5.41) is 40.6. The van der Waals surface area contributed by atoms with Crippen molar-refractivity contribution in [1.82, 2.24) is 4.98 Å². The minimum absolute atomic E-state index is 0.0332. The Hall–Kier alpha value is -1.97. The Morgan fingerprint density at radius 1 is 1.33 bits per heavy atom. The lowest BCUT2D eigenvalue weighted by molar-refractivity contribution is -0.384. The molecule has 0 aliphatic rings. The molecule has 9 nitrogen and oxygen atoms in total. The van der Waals surface area contributed by atoms with Crippen LogP contribution in [0, 0.1) is 10.1 Å². The minimum Gasteiger partial charge on any atom is -0.394 e. The number of aliphatic hydroxyl groups excluding tert-OH is 3. The second-order valence-corrected chi connectivity index (χ2v) is 3.74. The number of nitro groups is 1. The summed E-state index contributed by atoms with van der Waals surface area (Å²) in [5.74, 6) is -0.192. The molecule has 1 aromatic heterocycles. The van der Waals surface area contributed by atoms with Crippen LogP contribution in [0.1, 0.15) is 0 Å². The first-order chi connectivity index (χ1) is 8.48. The Bertz CT molecular complexity index is 427. The maximum absolute atomic E-state index is 10.8. The van der Waals surface area contributed by atoms with E-state index in [4.69, 9.17) is 21.1 Å². The molecule has 1 heterocycles. The molecule has 0 unspecified atom stereocenters. The van der Waals surface area contributed by atoms with Gasteiger partial charge in [-0.25, -0.2) is 4.98 Å². The highest BCUT2D eigenvalue weighted by molar-refractivity contribution is 5.60. The van der Waals surface area contributed by atoms with E-state index >= 15 is 0 Å². The third-order valence-electron chi connectivity index (χ3n) is 2.38. The van der Waals surface area contributed by atoms with Gasteiger partial charge in [-0.3, -0.25) is 10.1 Å². The summed E-state index contributed by atoms with van der Waals surface area (Å²) >= 11 is 0. The maximum atomic E-state index is 10.8. The topological polar surface area (TPSA) is 155 Å². The van der Waals surface area contributed by atoms with Gasteiger partial charge in [0, 0.05) is 6.07 Å². The zero-order valence-corrected chi connectivity index (χ0v) is 9.41. The maximum Gasteiger partial charge on any atom is 0.311 e. The molecule has 0 bridgehead atoms. The Labute approximate surface area is 102 Å². The smallest absolute Gasteiger partial charge is 0.311 e. The van der Waals surface area contributed by atoms with Gasteiger partial charge in [0.05, 0.1) is 24.7 Å². The van der Waals surface area contributed by atoms with Crippen molar-refractivity contribution in [3.63, 3.8) is 0 Å². The van der Waals surface area contributed by atoms with Crippen LogP contribution < -0.4 is 11.1 Å². The predicted molar refractivity (Wildman–Crippen MR) is 62.9 cm³/mol. The van der Waals surface area contributed by atoms with Gasteiger partial charge < -0.3 is 26.4 Å². The molecule has 0 atom stereocenters. The molecule has 0 aromatic carbocycles. The summed E-state index contributed by atoms with van der Waals surface area (Å²) in [7, 11) is 0. The third kappa shape index (κ3) is 2.83. The molecular formula is C9H14N4O5. The molecule has 9 heteroatoms. The first-order valence-electron chi connectivity index (χ1n) is 4.99. The average molecular weight is 258 g/mol. The number of nitrogens with two attached hydrogens (primary N) is 1. The van der Waals surface area contributed by atoms with E-state index in [9.17, 15) is 10.1 Å². The fraction of sp³-hybridized carbons (Fsp3) is 0.444. The van der Waals surface area contributed by atoms with Crippen molar-refractivity contribution < 1.29 is 20.2 Å². The number of pyridine rings is 1. The summed E-state index contributed by atoms with van der Waals surface area (Å²) in [6, 6.07) is 2.39. The molecule has 0 aliphatic carbocycles. The number of nitrogens with one attached hydrogen (secondary N) is 1. The molecule has 100 valence electrons. The van der Waals surface area contributed by atoms with Crippen LogP contribution in [0.15, 0.2) is 12.1 Å². The first kappa shape index (κ1) is 14.1. The largest absolute Gasteiger partial charge is 0.394 e. The van der Waals surface area contributed by atoms with E-state index in [1.807, 2.05) is 0 Å². The van der Waals surface area contributed by atoms with Crippen molar-refractivity contribution in [1.29, 1.82) is 0 Å². The molecule has 0 fully saturated rings. The number of nitrogen functional groups attached to an aromatic ring is 1. The highest BCUT2D eigenvalue weighted by Gasteiger charge is 2.31. The van der Waals surface area contributed by atoms with Gasteiger partial charge in [-0.2, -0.15) is 0 Å². The van der Waals surface area contributed by atoms with Crippen LogP contribution >= 0.6 is 0 Å². The van der Waals surface area contributed by atoms with E-state index in [1.165, 1.54) is 6.07 Å². The number of aromatic nitrogens is 1. The lowest BCUT2D eigenvalue weighted by atomic mass is 10.0. The predicted octanol–water partition coefficient (Wildman–Crippen LogP) is -1.30. The molecule has 1 aromatic rings. The summed E-state index contributed by atoms with van der Waals surface area (Å²) in [6.45, 7) is -1.89. The number of anilines is 2. The zero-order chi connectivity index (χ0) is 13.8. The van der Waals surface area contributed by atoms with Crippen molar-refractivity contribution in [3.8, 4) is 0 Å². The van der Waals surface area contributed by atoms with Crippen LogP contribution in [0.25, 0.3) is 0 Å². The zero-order valence-electron chi connectivity index (χ0n) is 9.41. The second-order valence-electron chi connectivity index (χ2n) is 3.74. The minimum atomic E-state index is -1.51. The first-order valence-corrected chi connectivity index (χ1v) is 4.99. The van der Waals surface area contributed by atoms with Crippen molar-refractivity contribution in [2.24, 2.45) is 0 Å². The second kappa shape index (κ2) is 5.58. The SMILES string of the molecule is Nc1ccc([N+](=O)[O-])c(NC(CO)(CO)CO)n1. The van der Waals surface area contributed by atoms with Crippen molar-refractivity contribution in [2.75, 3.05) is 30.9 Å². The van der Waals surface area contributed by atoms with E-state index in [1.54, 1.807) is 0 Å². The molecule has 0 radical (unpaired) electrons. The quantitative estimate of drug-likeness (QED) is 0.311. The highest BCUT2D eigenvalue weighted by atomic mass is 16.6. The van der Waals surface area contributed by atoms with Crippen LogP contribution in [-0.2, 0) is 0 Å². The van der Waals surface area contributed by atoms with E-state index in [0.717, 1.165) is 6.07 Å². The number of rotatable bonds is 6. The van der Waals surface area contributed by atoms with E-state index in [2.05, 4.69) is 10.3 Å². The molecular weight excluding hydrogens is 244 g/mol. The highest BCUT2D eigenvalue weighted by Crippen LogP contribution is 2.25. The van der Waals surface area contributed by atoms with Crippen LogP contribution in [0.4, 0.5) is 17.3 Å². The van der Waals surface area contributed by atoms with Gasteiger partial charge >= 0.3 is 5.69 Å². The van der Waals surface area contributed by atoms with Gasteiger partial charge in [0.2, 0.25) is 5.82 Å². The summed E-state index contributed by atoms with van der Waals surface area (Å²) < 4.78 is 0. The number of hydrogen-bond acceptors (Lipinski definition) is 8. The average Bonchev–Trinajstić information content (AvgIpc) is 2.36. The fourth-order valence-electron chi connectivity index (χ4n) is 1.23. The van der Waals surface area contributed by atoms with Gasteiger partial charge in [0.1, 0.15) is 11.4 Å². The van der Waals surface area contributed by atoms with Gasteiger partial charge in [-0.05, 0) is 6.07 Å². The Morgan fingerprint density at radius 3 is 2.33 bits per heavy atom. The molecule has 1 rings (SSSR count). The van der Waals surface area contributed by atoms with Crippen LogP contribution in [0.2, 0.25) is 0 Å². The van der Waals surface area contributed by atoms with Gasteiger partial charge in [-0.1, -0.05) is 0 Å².